The molecular formula is C17H18ClFN5-. The molecule has 0 aliphatic carbocycles. The topological polar surface area (TPSA) is 80.0 Å². The third-order valence-electron chi connectivity index (χ3n) is 3.64. The molecule has 0 bridgehead atoms. The van der Waals surface area contributed by atoms with Crippen molar-refractivity contribution >= 4 is 17.6 Å². The first-order valence-electron chi connectivity index (χ1n) is 7.25. The number of benzene rings is 2. The van der Waals surface area contributed by atoms with Crippen LogP contribution in [0.25, 0.3) is 0 Å². The lowest BCUT2D eigenvalue weighted by atomic mass is 10.1. The third-order valence-corrected chi connectivity index (χ3v) is 3.64. The molecule has 3 rings (SSSR count). The highest BCUT2D eigenvalue weighted by atomic mass is 35.5. The fourth-order valence-electron chi connectivity index (χ4n) is 2.76. The molecule has 5 nitrogen and oxygen atoms in total. The van der Waals surface area contributed by atoms with Gasteiger partial charge in [0.1, 0.15) is 5.82 Å². The van der Waals surface area contributed by atoms with E-state index in [4.69, 9.17) is 11.5 Å². The maximum absolute atomic E-state index is 14.3. The van der Waals surface area contributed by atoms with E-state index >= 15 is 0 Å². The molecular weight excluding hydrogens is 329 g/mol. The molecule has 0 saturated carbocycles. The van der Waals surface area contributed by atoms with E-state index in [-0.39, 0.29) is 30.1 Å². The zero-order valence-electron chi connectivity index (χ0n) is 13.4. The van der Waals surface area contributed by atoms with Crippen molar-refractivity contribution in [2.24, 2.45) is 21.5 Å². The van der Waals surface area contributed by atoms with E-state index in [9.17, 15) is 4.39 Å². The Labute approximate surface area is 146 Å². The minimum atomic E-state index is -0.685. The maximum atomic E-state index is 14.3. The molecule has 0 fully saturated rings. The lowest BCUT2D eigenvalue weighted by Gasteiger charge is -2.33. The molecule has 1 aliphatic heterocycles. The standard InChI is InChI=1S/C17H18FN5.ClH/c1-10-7-11(2)9-12(8-10)23-15(21-16(19)22-17(23)20)13-5-3-4-6-14(13)18;/h3-9,15H,1-2H3,(H4,19,20,21,22);1H/p-1. The molecule has 1 atom stereocenters. The van der Waals surface area contributed by atoms with Crippen molar-refractivity contribution in [3.63, 3.8) is 0 Å². The highest BCUT2D eigenvalue weighted by Gasteiger charge is 2.29. The number of nitrogens with two attached hydrogens (primary N) is 2. The second-order valence-corrected chi connectivity index (χ2v) is 5.57. The Morgan fingerprint density at radius 2 is 1.67 bits per heavy atom. The van der Waals surface area contributed by atoms with Crippen LogP contribution in [0.4, 0.5) is 10.1 Å². The molecule has 0 aromatic heterocycles. The van der Waals surface area contributed by atoms with Gasteiger partial charge in [0.2, 0.25) is 11.9 Å². The van der Waals surface area contributed by atoms with Crippen LogP contribution in [-0.4, -0.2) is 11.9 Å². The Kier molecular flexibility index (Phi) is 5.09. The number of guanidine groups is 2. The zero-order valence-corrected chi connectivity index (χ0v) is 14.1. The lowest BCUT2D eigenvalue weighted by Crippen LogP contribution is -3.00. The van der Waals surface area contributed by atoms with Gasteiger partial charge in [-0.1, -0.05) is 24.3 Å². The second kappa shape index (κ2) is 6.88. The van der Waals surface area contributed by atoms with Crippen LogP contribution >= 0.6 is 0 Å². The molecule has 24 heavy (non-hydrogen) atoms. The average molecular weight is 347 g/mol. The van der Waals surface area contributed by atoms with Crippen LogP contribution in [0, 0.1) is 19.7 Å². The molecule has 2 aromatic rings. The van der Waals surface area contributed by atoms with Crippen molar-refractivity contribution in [2.75, 3.05) is 4.90 Å². The van der Waals surface area contributed by atoms with Gasteiger partial charge in [-0.15, -0.1) is 0 Å². The van der Waals surface area contributed by atoms with Gasteiger partial charge in [-0.25, -0.2) is 9.38 Å². The highest BCUT2D eigenvalue weighted by Crippen LogP contribution is 2.32. The van der Waals surface area contributed by atoms with Crippen molar-refractivity contribution in [2.45, 2.75) is 20.0 Å². The lowest BCUT2D eigenvalue weighted by molar-refractivity contribution is -0.00000579. The fraction of sp³-hybridized carbons (Fsp3) is 0.176. The quantitative estimate of drug-likeness (QED) is 0.776. The van der Waals surface area contributed by atoms with Crippen LogP contribution < -0.4 is 28.8 Å². The summed E-state index contributed by atoms with van der Waals surface area (Å²) in [6, 6.07) is 12.4. The summed E-state index contributed by atoms with van der Waals surface area (Å²) in [6.45, 7) is 3.98. The fourth-order valence-corrected chi connectivity index (χ4v) is 2.76. The highest BCUT2D eigenvalue weighted by molar-refractivity contribution is 6.04. The predicted octanol–water partition coefficient (Wildman–Crippen LogP) is -0.405. The molecule has 0 saturated heterocycles. The van der Waals surface area contributed by atoms with Crippen LogP contribution in [0.3, 0.4) is 0 Å². The number of hydrogen-bond donors (Lipinski definition) is 2. The average Bonchev–Trinajstić information content (AvgIpc) is 2.45. The van der Waals surface area contributed by atoms with Gasteiger partial charge in [-0.05, 0) is 43.2 Å². The molecule has 1 aliphatic rings. The number of aliphatic imine (C=N–C) groups is 2. The van der Waals surface area contributed by atoms with E-state index in [1.54, 1.807) is 23.1 Å². The summed E-state index contributed by atoms with van der Waals surface area (Å²) in [4.78, 5) is 10.0. The minimum absolute atomic E-state index is 0. The number of halogens is 2. The Hall–Kier alpha value is -2.60. The summed E-state index contributed by atoms with van der Waals surface area (Å²) >= 11 is 0. The third kappa shape index (κ3) is 3.33. The molecule has 1 unspecified atom stereocenters. The molecule has 0 radical (unpaired) electrons. The molecule has 1 heterocycles. The summed E-state index contributed by atoms with van der Waals surface area (Å²) in [5.41, 5.74) is 15.1. The number of rotatable bonds is 2. The van der Waals surface area contributed by atoms with Gasteiger partial charge in [-0.3, -0.25) is 4.90 Å². The van der Waals surface area contributed by atoms with Gasteiger partial charge < -0.3 is 23.9 Å². The van der Waals surface area contributed by atoms with Crippen molar-refractivity contribution < 1.29 is 16.8 Å². The molecule has 0 amide bonds. The van der Waals surface area contributed by atoms with Crippen molar-refractivity contribution in [3.8, 4) is 0 Å². The number of nitrogens with zero attached hydrogens (tertiary/aromatic N) is 3. The first-order valence-corrected chi connectivity index (χ1v) is 7.25. The van der Waals surface area contributed by atoms with E-state index in [0.29, 0.717) is 5.56 Å². The number of aryl methyl sites for hydroxylation is 2. The van der Waals surface area contributed by atoms with Gasteiger partial charge in [0.05, 0.1) is 0 Å². The summed E-state index contributed by atoms with van der Waals surface area (Å²) in [6.07, 6.45) is -0.685. The predicted molar refractivity (Wildman–Crippen MR) is 90.8 cm³/mol. The summed E-state index contributed by atoms with van der Waals surface area (Å²) in [7, 11) is 0. The summed E-state index contributed by atoms with van der Waals surface area (Å²) in [5.74, 6) is -0.134. The monoisotopic (exact) mass is 346 g/mol. The van der Waals surface area contributed by atoms with Crippen molar-refractivity contribution in [1.82, 2.24) is 0 Å². The van der Waals surface area contributed by atoms with E-state index in [0.717, 1.165) is 16.8 Å². The largest absolute Gasteiger partial charge is 1.00 e. The van der Waals surface area contributed by atoms with Crippen LogP contribution in [0.1, 0.15) is 22.9 Å². The molecule has 4 N–H and O–H groups in total. The van der Waals surface area contributed by atoms with Gasteiger partial charge >= 0.3 is 0 Å². The summed E-state index contributed by atoms with van der Waals surface area (Å²) in [5, 5.41) is 0. The Bertz CT molecular complexity index is 798. The van der Waals surface area contributed by atoms with Gasteiger partial charge in [-0.2, -0.15) is 4.99 Å². The smallest absolute Gasteiger partial charge is 0.221 e. The summed E-state index contributed by atoms with van der Waals surface area (Å²) < 4.78 is 14.3. The Morgan fingerprint density at radius 1 is 1.04 bits per heavy atom. The van der Waals surface area contributed by atoms with E-state index in [1.165, 1.54) is 6.07 Å². The van der Waals surface area contributed by atoms with Crippen molar-refractivity contribution in [1.29, 1.82) is 0 Å². The zero-order chi connectivity index (χ0) is 16.6. The first-order chi connectivity index (χ1) is 11.0. The molecule has 126 valence electrons. The van der Waals surface area contributed by atoms with Crippen molar-refractivity contribution in [3.05, 3.63) is 65.0 Å². The van der Waals surface area contributed by atoms with Crippen LogP contribution in [0.5, 0.6) is 0 Å². The second-order valence-electron chi connectivity index (χ2n) is 5.57. The van der Waals surface area contributed by atoms with E-state index in [1.807, 2.05) is 26.0 Å². The minimum Gasteiger partial charge on any atom is -1.00 e. The normalized spacial score (nSPS) is 17.0. The number of anilines is 1. The van der Waals surface area contributed by atoms with Crippen LogP contribution in [0.15, 0.2) is 52.4 Å². The van der Waals surface area contributed by atoms with Gasteiger partial charge in [0.15, 0.2) is 6.17 Å². The molecule has 7 heteroatoms. The first kappa shape index (κ1) is 17.7. The van der Waals surface area contributed by atoms with Gasteiger partial charge in [0, 0.05) is 11.3 Å². The van der Waals surface area contributed by atoms with Crippen LogP contribution in [-0.2, 0) is 0 Å². The Balaban J connectivity index is 0.00000208. The molecule has 0 spiro atoms. The van der Waals surface area contributed by atoms with E-state index < -0.39 is 6.17 Å². The van der Waals surface area contributed by atoms with E-state index in [2.05, 4.69) is 16.1 Å². The SMILES string of the molecule is Cc1cc(C)cc(N2C(N)=NC(N)=NC2c2ccccc2F)c1.[Cl-]. The maximum Gasteiger partial charge on any atom is 0.221 e. The molecule has 2 aromatic carbocycles. The number of hydrogen-bond acceptors (Lipinski definition) is 5. The van der Waals surface area contributed by atoms with Gasteiger partial charge in [0.25, 0.3) is 0 Å². The van der Waals surface area contributed by atoms with Crippen LogP contribution in [0.2, 0.25) is 0 Å². The Morgan fingerprint density at radius 3 is 2.29 bits per heavy atom.